The van der Waals surface area contributed by atoms with Gasteiger partial charge in [0.15, 0.2) is 5.17 Å². The first-order valence-electron chi connectivity index (χ1n) is 6.64. The van der Waals surface area contributed by atoms with E-state index in [9.17, 15) is 0 Å². The van der Waals surface area contributed by atoms with Crippen LogP contribution in [0.1, 0.15) is 20.3 Å². The van der Waals surface area contributed by atoms with Gasteiger partial charge in [0.2, 0.25) is 0 Å². The van der Waals surface area contributed by atoms with Crippen LogP contribution in [0.3, 0.4) is 0 Å². The normalized spacial score (nSPS) is 22.1. The quantitative estimate of drug-likeness (QED) is 0.854. The third kappa shape index (κ3) is 2.69. The van der Waals surface area contributed by atoms with Crippen molar-refractivity contribution in [3.05, 3.63) is 34.9 Å². The van der Waals surface area contributed by atoms with E-state index in [1.54, 1.807) is 11.8 Å². The first-order valence-corrected chi connectivity index (χ1v) is 8.41. The SMILES string of the molecule is CCC1(C)CSC(Nc2cccc3cc(Br)cnc23)=N1. The second kappa shape index (κ2) is 5.37. The van der Waals surface area contributed by atoms with Gasteiger partial charge in [-0.15, -0.1) is 0 Å². The van der Waals surface area contributed by atoms with E-state index in [0.29, 0.717) is 0 Å². The Labute approximate surface area is 131 Å². The molecular formula is C15H16BrN3S. The lowest BCUT2D eigenvalue weighted by atomic mass is 10.0. The predicted molar refractivity (Wildman–Crippen MR) is 91.7 cm³/mol. The molecule has 0 bridgehead atoms. The Morgan fingerprint density at radius 1 is 1.45 bits per heavy atom. The molecule has 1 aromatic heterocycles. The number of benzene rings is 1. The standard InChI is InChI=1S/C15H16BrN3S/c1-3-15(2)9-20-14(19-15)18-12-6-4-5-10-7-11(16)8-17-13(10)12/h4-8H,3,9H2,1-2H3,(H,18,19). The zero-order chi connectivity index (χ0) is 14.2. The van der Waals surface area contributed by atoms with Crippen LogP contribution in [-0.2, 0) is 0 Å². The lowest BCUT2D eigenvalue weighted by molar-refractivity contribution is 0.523. The molecular weight excluding hydrogens is 334 g/mol. The monoisotopic (exact) mass is 349 g/mol. The van der Waals surface area contributed by atoms with Crippen molar-refractivity contribution in [2.75, 3.05) is 11.1 Å². The van der Waals surface area contributed by atoms with Gasteiger partial charge in [-0.25, -0.2) is 0 Å². The lowest BCUT2D eigenvalue weighted by Gasteiger charge is -2.15. The number of rotatable bonds is 2. The highest BCUT2D eigenvalue weighted by Crippen LogP contribution is 2.32. The minimum absolute atomic E-state index is 0.0635. The molecule has 0 amide bonds. The molecule has 0 radical (unpaired) electrons. The Morgan fingerprint density at radius 2 is 2.30 bits per heavy atom. The van der Waals surface area contributed by atoms with E-state index in [4.69, 9.17) is 4.99 Å². The van der Waals surface area contributed by atoms with E-state index in [1.807, 2.05) is 18.3 Å². The van der Waals surface area contributed by atoms with Crippen LogP contribution in [0.5, 0.6) is 0 Å². The summed E-state index contributed by atoms with van der Waals surface area (Å²) in [6, 6.07) is 8.23. The Morgan fingerprint density at radius 3 is 3.05 bits per heavy atom. The maximum absolute atomic E-state index is 4.79. The number of halogens is 1. The zero-order valence-corrected chi connectivity index (χ0v) is 13.9. The van der Waals surface area contributed by atoms with Gasteiger partial charge in [0.25, 0.3) is 0 Å². The van der Waals surface area contributed by atoms with Crippen molar-refractivity contribution in [1.82, 2.24) is 4.98 Å². The van der Waals surface area contributed by atoms with Gasteiger partial charge < -0.3 is 5.32 Å². The van der Waals surface area contributed by atoms with Gasteiger partial charge in [0.05, 0.1) is 16.7 Å². The number of nitrogens with one attached hydrogen (secondary N) is 1. The third-order valence-electron chi connectivity index (χ3n) is 3.57. The number of para-hydroxylation sites is 1. The zero-order valence-electron chi connectivity index (χ0n) is 11.5. The molecule has 0 saturated carbocycles. The van der Waals surface area contributed by atoms with Crippen molar-refractivity contribution in [3.8, 4) is 0 Å². The molecule has 1 unspecified atom stereocenters. The number of aromatic nitrogens is 1. The molecule has 1 atom stereocenters. The first-order chi connectivity index (χ1) is 9.59. The predicted octanol–water partition coefficient (Wildman–Crippen LogP) is 4.68. The number of aliphatic imine (C=N–C) groups is 1. The minimum Gasteiger partial charge on any atom is -0.333 e. The highest BCUT2D eigenvalue weighted by Gasteiger charge is 2.28. The fraction of sp³-hybridized carbons (Fsp3) is 0.333. The highest BCUT2D eigenvalue weighted by atomic mass is 79.9. The molecule has 2 aromatic rings. The van der Waals surface area contributed by atoms with Crippen LogP contribution in [0.15, 0.2) is 39.9 Å². The average molecular weight is 350 g/mol. The van der Waals surface area contributed by atoms with Crippen LogP contribution in [0.25, 0.3) is 10.9 Å². The molecule has 5 heteroatoms. The van der Waals surface area contributed by atoms with Crippen LogP contribution in [-0.4, -0.2) is 21.4 Å². The lowest BCUT2D eigenvalue weighted by Crippen LogP contribution is -2.20. The van der Waals surface area contributed by atoms with E-state index < -0.39 is 0 Å². The molecule has 3 nitrogen and oxygen atoms in total. The van der Waals surface area contributed by atoms with Gasteiger partial charge in [0, 0.05) is 21.8 Å². The van der Waals surface area contributed by atoms with E-state index in [2.05, 4.69) is 52.2 Å². The number of pyridine rings is 1. The average Bonchev–Trinajstić information content (AvgIpc) is 2.81. The molecule has 104 valence electrons. The number of anilines is 1. The summed E-state index contributed by atoms with van der Waals surface area (Å²) in [5.41, 5.74) is 2.05. The smallest absolute Gasteiger partial charge is 0.161 e. The van der Waals surface area contributed by atoms with Gasteiger partial charge in [-0.3, -0.25) is 9.98 Å². The molecule has 2 heterocycles. The number of hydrogen-bond donors (Lipinski definition) is 1. The summed E-state index contributed by atoms with van der Waals surface area (Å²) in [7, 11) is 0. The van der Waals surface area contributed by atoms with E-state index in [0.717, 1.165) is 38.4 Å². The molecule has 0 spiro atoms. The number of nitrogens with zero attached hydrogens (tertiary/aromatic N) is 2. The largest absolute Gasteiger partial charge is 0.333 e. The van der Waals surface area contributed by atoms with E-state index >= 15 is 0 Å². The van der Waals surface area contributed by atoms with Crippen LogP contribution in [0, 0.1) is 0 Å². The van der Waals surface area contributed by atoms with Gasteiger partial charge in [-0.2, -0.15) is 0 Å². The van der Waals surface area contributed by atoms with Crippen LogP contribution in [0.2, 0.25) is 0 Å². The second-order valence-corrected chi connectivity index (χ2v) is 7.09. The van der Waals surface area contributed by atoms with Gasteiger partial charge >= 0.3 is 0 Å². The molecule has 1 aliphatic rings. The van der Waals surface area contributed by atoms with Gasteiger partial charge in [-0.1, -0.05) is 30.8 Å². The van der Waals surface area contributed by atoms with Crippen molar-refractivity contribution in [2.45, 2.75) is 25.8 Å². The van der Waals surface area contributed by atoms with Crippen molar-refractivity contribution >= 4 is 49.4 Å². The summed E-state index contributed by atoms with van der Waals surface area (Å²) >= 11 is 5.24. The molecule has 1 N–H and O–H groups in total. The van der Waals surface area contributed by atoms with Crippen molar-refractivity contribution < 1.29 is 0 Å². The van der Waals surface area contributed by atoms with Gasteiger partial charge in [0.1, 0.15) is 0 Å². The third-order valence-corrected chi connectivity index (χ3v) is 5.24. The Bertz CT molecular complexity index is 686. The molecule has 0 saturated heterocycles. The van der Waals surface area contributed by atoms with Crippen LogP contribution >= 0.6 is 27.7 Å². The van der Waals surface area contributed by atoms with Crippen LogP contribution in [0.4, 0.5) is 5.69 Å². The molecule has 1 aliphatic heterocycles. The van der Waals surface area contributed by atoms with Crippen molar-refractivity contribution in [1.29, 1.82) is 0 Å². The number of hydrogen-bond acceptors (Lipinski definition) is 4. The Kier molecular flexibility index (Phi) is 3.73. The summed E-state index contributed by atoms with van der Waals surface area (Å²) in [6.07, 6.45) is 2.89. The van der Waals surface area contributed by atoms with Crippen molar-refractivity contribution in [2.24, 2.45) is 4.99 Å². The topological polar surface area (TPSA) is 37.3 Å². The minimum atomic E-state index is 0.0635. The fourth-order valence-corrected chi connectivity index (χ4v) is 3.66. The van der Waals surface area contributed by atoms with Gasteiger partial charge in [-0.05, 0) is 41.4 Å². The molecule has 1 aromatic carbocycles. The summed E-state index contributed by atoms with van der Waals surface area (Å²) in [5.74, 6) is 1.04. The van der Waals surface area contributed by atoms with Crippen LogP contribution < -0.4 is 5.32 Å². The second-order valence-electron chi connectivity index (χ2n) is 5.21. The maximum Gasteiger partial charge on any atom is 0.161 e. The summed E-state index contributed by atoms with van der Waals surface area (Å²) in [4.78, 5) is 9.30. The number of thioether (sulfide) groups is 1. The Hall–Kier alpha value is -1.07. The molecule has 20 heavy (non-hydrogen) atoms. The van der Waals surface area contributed by atoms with E-state index in [1.165, 1.54) is 0 Å². The first kappa shape index (κ1) is 13.9. The summed E-state index contributed by atoms with van der Waals surface area (Å²) < 4.78 is 0.994. The van der Waals surface area contributed by atoms with Crippen molar-refractivity contribution in [3.63, 3.8) is 0 Å². The maximum atomic E-state index is 4.79. The fourth-order valence-electron chi connectivity index (χ4n) is 2.13. The molecule has 3 rings (SSSR count). The summed E-state index contributed by atoms with van der Waals surface area (Å²) in [5, 5.41) is 5.54. The Balaban J connectivity index is 1.94. The molecule has 0 fully saturated rings. The summed E-state index contributed by atoms with van der Waals surface area (Å²) in [6.45, 7) is 4.39. The number of amidine groups is 1. The highest BCUT2D eigenvalue weighted by molar-refractivity contribution is 9.10. The number of fused-ring (bicyclic) bond motifs is 1. The molecule has 0 aliphatic carbocycles. The van der Waals surface area contributed by atoms with E-state index in [-0.39, 0.29) is 5.54 Å².